The van der Waals surface area contributed by atoms with Crippen molar-refractivity contribution in [1.29, 1.82) is 0 Å². The first-order valence-electron chi connectivity index (χ1n) is 12.2. The van der Waals surface area contributed by atoms with E-state index >= 15 is 0 Å². The van der Waals surface area contributed by atoms with Gasteiger partial charge in [-0.25, -0.2) is 0 Å². The number of hydrogen-bond donors (Lipinski definition) is 2. The zero-order valence-electron chi connectivity index (χ0n) is 19.8. The second-order valence-electron chi connectivity index (χ2n) is 9.19. The number of guanidine groups is 1. The van der Waals surface area contributed by atoms with Crippen molar-refractivity contribution >= 4 is 11.6 Å². The third-order valence-corrected chi connectivity index (χ3v) is 6.70. The molecule has 2 aliphatic heterocycles. The number of aliphatic imine (C=N–C) groups is 1. The van der Waals surface area contributed by atoms with Crippen molar-refractivity contribution in [3.8, 4) is 0 Å². The summed E-state index contributed by atoms with van der Waals surface area (Å²) in [4.78, 5) is 9.54. The maximum Gasteiger partial charge on any atom is 0.191 e. The topological polar surface area (TPSA) is 60.7 Å². The van der Waals surface area contributed by atoms with Gasteiger partial charge < -0.3 is 15.5 Å². The Labute approximate surface area is 192 Å². The van der Waals surface area contributed by atoms with Gasteiger partial charge in [0.1, 0.15) is 0 Å². The predicted octanol–water partition coefficient (Wildman–Crippen LogP) is 3.13. The Hall–Kier alpha value is -2.54. The standard InChI is InChI=1S/C25H39N7/c1-26-25(29-23-12-9-15-32(19-23)24-17-28-30(2)20-24)27-16-21-10-5-6-11-22(21)18-31-13-7-3-4-8-14-31/h5-6,10-11,17,20,23H,3-4,7-9,12-16,18-19H2,1-2H3,(H2,26,27,29). The average Bonchev–Trinajstić information content (AvgIpc) is 3.09. The molecule has 3 heterocycles. The molecule has 4 rings (SSSR count). The minimum absolute atomic E-state index is 0.377. The van der Waals surface area contributed by atoms with Gasteiger partial charge in [0.05, 0.1) is 11.9 Å². The molecule has 0 amide bonds. The Morgan fingerprint density at radius 1 is 1.06 bits per heavy atom. The molecule has 7 heteroatoms. The molecule has 1 atom stereocenters. The molecule has 0 aliphatic carbocycles. The minimum Gasteiger partial charge on any atom is -0.367 e. The second kappa shape index (κ2) is 11.4. The summed E-state index contributed by atoms with van der Waals surface area (Å²) in [6.45, 7) is 6.34. The molecule has 1 aromatic heterocycles. The van der Waals surface area contributed by atoms with Crippen LogP contribution in [0.25, 0.3) is 0 Å². The maximum atomic E-state index is 4.51. The maximum absolute atomic E-state index is 4.51. The van der Waals surface area contributed by atoms with E-state index in [0.717, 1.165) is 38.6 Å². The zero-order valence-corrected chi connectivity index (χ0v) is 19.8. The molecule has 0 spiro atoms. The average molecular weight is 438 g/mol. The molecule has 174 valence electrons. The second-order valence-corrected chi connectivity index (χ2v) is 9.19. The van der Waals surface area contributed by atoms with E-state index < -0.39 is 0 Å². The number of aryl methyl sites for hydroxylation is 1. The lowest BCUT2D eigenvalue weighted by molar-refractivity contribution is 0.276. The summed E-state index contributed by atoms with van der Waals surface area (Å²) in [5.41, 5.74) is 3.99. The first-order chi connectivity index (χ1) is 15.7. The molecule has 2 N–H and O–H groups in total. The van der Waals surface area contributed by atoms with Gasteiger partial charge in [-0.1, -0.05) is 37.1 Å². The van der Waals surface area contributed by atoms with E-state index in [2.05, 4.69) is 61.0 Å². The van der Waals surface area contributed by atoms with Gasteiger partial charge in [-0.2, -0.15) is 5.10 Å². The lowest BCUT2D eigenvalue weighted by Crippen LogP contribution is -2.51. The fourth-order valence-corrected chi connectivity index (χ4v) is 4.89. The predicted molar refractivity (Wildman–Crippen MR) is 132 cm³/mol. The lowest BCUT2D eigenvalue weighted by atomic mass is 10.1. The van der Waals surface area contributed by atoms with Gasteiger partial charge >= 0.3 is 0 Å². The van der Waals surface area contributed by atoms with Crippen molar-refractivity contribution in [2.75, 3.05) is 38.1 Å². The number of anilines is 1. The SMILES string of the molecule is CN=C(NCc1ccccc1CN1CCCCCC1)NC1CCCN(c2cnn(C)c2)C1. The molecular weight excluding hydrogens is 398 g/mol. The third-order valence-electron chi connectivity index (χ3n) is 6.70. The molecule has 1 unspecified atom stereocenters. The highest BCUT2D eigenvalue weighted by molar-refractivity contribution is 5.80. The molecule has 2 fully saturated rings. The van der Waals surface area contributed by atoms with E-state index in [4.69, 9.17) is 0 Å². The van der Waals surface area contributed by atoms with E-state index in [1.165, 1.54) is 62.0 Å². The summed E-state index contributed by atoms with van der Waals surface area (Å²) in [6.07, 6.45) is 11.8. The molecule has 2 saturated heterocycles. The molecule has 2 aromatic rings. The highest BCUT2D eigenvalue weighted by Gasteiger charge is 2.22. The van der Waals surface area contributed by atoms with Crippen LogP contribution >= 0.6 is 0 Å². The number of benzene rings is 1. The van der Waals surface area contributed by atoms with Crippen molar-refractivity contribution in [1.82, 2.24) is 25.3 Å². The highest BCUT2D eigenvalue weighted by atomic mass is 15.3. The van der Waals surface area contributed by atoms with Crippen LogP contribution in [0.3, 0.4) is 0 Å². The molecule has 7 nitrogen and oxygen atoms in total. The van der Waals surface area contributed by atoms with Crippen molar-refractivity contribution in [3.05, 3.63) is 47.8 Å². The summed E-state index contributed by atoms with van der Waals surface area (Å²) in [5, 5.41) is 11.5. The summed E-state index contributed by atoms with van der Waals surface area (Å²) in [7, 11) is 3.83. The fourth-order valence-electron chi connectivity index (χ4n) is 4.89. The minimum atomic E-state index is 0.377. The van der Waals surface area contributed by atoms with Gasteiger partial charge in [0.25, 0.3) is 0 Å². The van der Waals surface area contributed by atoms with Gasteiger partial charge in [-0.05, 0) is 49.9 Å². The van der Waals surface area contributed by atoms with Crippen molar-refractivity contribution < 1.29 is 0 Å². The van der Waals surface area contributed by atoms with Crippen LogP contribution in [0.2, 0.25) is 0 Å². The molecule has 0 bridgehead atoms. The van der Waals surface area contributed by atoms with Crippen LogP contribution in [-0.4, -0.2) is 59.9 Å². The van der Waals surface area contributed by atoms with E-state index in [1.54, 1.807) is 0 Å². The van der Waals surface area contributed by atoms with E-state index in [0.29, 0.717) is 6.04 Å². The number of hydrogen-bond acceptors (Lipinski definition) is 4. The zero-order chi connectivity index (χ0) is 22.2. The highest BCUT2D eigenvalue weighted by Crippen LogP contribution is 2.19. The number of aromatic nitrogens is 2. The largest absolute Gasteiger partial charge is 0.367 e. The summed E-state index contributed by atoms with van der Waals surface area (Å²) in [5.74, 6) is 0.882. The van der Waals surface area contributed by atoms with Crippen LogP contribution in [0.4, 0.5) is 5.69 Å². The van der Waals surface area contributed by atoms with Gasteiger partial charge in [0.15, 0.2) is 5.96 Å². The molecule has 0 radical (unpaired) electrons. The molecule has 0 saturated carbocycles. The van der Waals surface area contributed by atoms with E-state index in [9.17, 15) is 0 Å². The Morgan fingerprint density at radius 2 is 1.84 bits per heavy atom. The lowest BCUT2D eigenvalue weighted by Gasteiger charge is -2.34. The number of piperidine rings is 1. The van der Waals surface area contributed by atoms with Gasteiger partial charge in [-0.3, -0.25) is 14.6 Å². The van der Waals surface area contributed by atoms with Crippen molar-refractivity contribution in [2.24, 2.45) is 12.0 Å². The molecule has 1 aromatic carbocycles. The molecule has 32 heavy (non-hydrogen) atoms. The quantitative estimate of drug-likeness (QED) is 0.537. The normalized spacial score (nSPS) is 20.8. The number of nitrogens with zero attached hydrogens (tertiary/aromatic N) is 5. The van der Waals surface area contributed by atoms with Gasteiger partial charge in [-0.15, -0.1) is 0 Å². The Bertz CT molecular complexity index is 867. The van der Waals surface area contributed by atoms with Crippen molar-refractivity contribution in [3.63, 3.8) is 0 Å². The van der Waals surface area contributed by atoms with E-state index in [-0.39, 0.29) is 0 Å². The number of rotatable bonds is 6. The number of likely N-dealkylation sites (tertiary alicyclic amines) is 1. The smallest absolute Gasteiger partial charge is 0.191 e. The molecular formula is C25H39N7. The Kier molecular flexibility index (Phi) is 8.04. The summed E-state index contributed by atoms with van der Waals surface area (Å²) >= 11 is 0. The summed E-state index contributed by atoms with van der Waals surface area (Å²) in [6, 6.07) is 9.22. The molecule has 2 aliphatic rings. The monoisotopic (exact) mass is 437 g/mol. The van der Waals surface area contributed by atoms with Crippen LogP contribution in [0, 0.1) is 0 Å². The van der Waals surface area contributed by atoms with Gasteiger partial charge in [0, 0.05) is 52.5 Å². The van der Waals surface area contributed by atoms with Crippen LogP contribution in [0.5, 0.6) is 0 Å². The summed E-state index contributed by atoms with van der Waals surface area (Å²) < 4.78 is 1.87. The van der Waals surface area contributed by atoms with Crippen molar-refractivity contribution in [2.45, 2.75) is 57.7 Å². The number of nitrogens with one attached hydrogen (secondary N) is 2. The van der Waals surface area contributed by atoms with Gasteiger partial charge in [0.2, 0.25) is 0 Å². The first kappa shape index (κ1) is 22.6. The van der Waals surface area contributed by atoms with Crippen LogP contribution in [0.15, 0.2) is 41.7 Å². The van der Waals surface area contributed by atoms with Crippen LogP contribution in [0.1, 0.15) is 49.7 Å². The Balaban J connectivity index is 1.31. The van der Waals surface area contributed by atoms with E-state index in [1.807, 2.05) is 25.0 Å². The van der Waals surface area contributed by atoms with Crippen LogP contribution in [-0.2, 0) is 20.1 Å². The first-order valence-corrected chi connectivity index (χ1v) is 12.2. The van der Waals surface area contributed by atoms with Crippen LogP contribution < -0.4 is 15.5 Å². The Morgan fingerprint density at radius 3 is 2.56 bits per heavy atom. The fraction of sp³-hybridized carbons (Fsp3) is 0.600. The third kappa shape index (κ3) is 6.25.